The maximum absolute atomic E-state index is 12.4. The van der Waals surface area contributed by atoms with Crippen molar-refractivity contribution in [2.45, 2.75) is 6.92 Å². The number of anilines is 2. The van der Waals surface area contributed by atoms with E-state index in [2.05, 4.69) is 16.3 Å². The molecule has 23 heavy (non-hydrogen) atoms. The molecule has 1 aliphatic rings. The van der Waals surface area contributed by atoms with Gasteiger partial charge in [0.25, 0.3) is 5.91 Å². The maximum Gasteiger partial charge on any atom is 0.255 e. The summed E-state index contributed by atoms with van der Waals surface area (Å²) in [5, 5.41) is 3.53. The Morgan fingerprint density at radius 3 is 2.70 bits per heavy atom. The summed E-state index contributed by atoms with van der Waals surface area (Å²) < 4.78 is 5.38. The Morgan fingerprint density at radius 2 is 1.96 bits per heavy atom. The molecular weight excluding hydrogens is 312 g/mol. The topological polar surface area (TPSA) is 41.6 Å². The molecule has 0 saturated carbocycles. The van der Waals surface area contributed by atoms with Gasteiger partial charge in [-0.05, 0) is 42.8 Å². The van der Waals surface area contributed by atoms with Gasteiger partial charge in [-0.2, -0.15) is 0 Å². The molecule has 0 spiro atoms. The van der Waals surface area contributed by atoms with Crippen molar-refractivity contribution in [3.63, 3.8) is 0 Å². The van der Waals surface area contributed by atoms with E-state index in [9.17, 15) is 4.79 Å². The third kappa shape index (κ3) is 3.84. The average Bonchev–Trinajstić information content (AvgIpc) is 2.57. The van der Waals surface area contributed by atoms with E-state index in [4.69, 9.17) is 16.3 Å². The number of amides is 1. The van der Waals surface area contributed by atoms with Crippen molar-refractivity contribution in [3.8, 4) is 0 Å². The zero-order chi connectivity index (χ0) is 16.2. The van der Waals surface area contributed by atoms with E-state index >= 15 is 0 Å². The second-order valence-corrected chi connectivity index (χ2v) is 6.00. The fourth-order valence-corrected chi connectivity index (χ4v) is 2.78. The lowest BCUT2D eigenvalue weighted by Gasteiger charge is -2.29. The van der Waals surface area contributed by atoms with Crippen LogP contribution >= 0.6 is 11.6 Å². The summed E-state index contributed by atoms with van der Waals surface area (Å²) in [5.74, 6) is -0.158. The quantitative estimate of drug-likeness (QED) is 0.932. The van der Waals surface area contributed by atoms with Crippen LogP contribution < -0.4 is 10.2 Å². The van der Waals surface area contributed by atoms with Gasteiger partial charge in [-0.15, -0.1) is 0 Å². The monoisotopic (exact) mass is 330 g/mol. The number of hydrogen-bond acceptors (Lipinski definition) is 3. The standard InChI is InChI=1S/C18H19ClN2O2/c1-13-5-6-16(21-7-9-23-10-8-21)12-17(13)20-18(22)14-3-2-4-15(19)11-14/h2-6,11-12H,7-10H2,1H3,(H,20,22). The number of carbonyl (C=O) groups excluding carboxylic acids is 1. The van der Waals surface area contributed by atoms with Gasteiger partial charge in [0.05, 0.1) is 13.2 Å². The molecule has 1 aliphatic heterocycles. The van der Waals surface area contributed by atoms with Crippen molar-refractivity contribution < 1.29 is 9.53 Å². The van der Waals surface area contributed by atoms with Crippen LogP contribution in [0.3, 0.4) is 0 Å². The summed E-state index contributed by atoms with van der Waals surface area (Å²) in [6.45, 7) is 5.18. The summed E-state index contributed by atoms with van der Waals surface area (Å²) in [7, 11) is 0. The minimum absolute atomic E-state index is 0.158. The molecule has 0 aromatic heterocycles. The molecule has 1 saturated heterocycles. The Labute approximate surface area is 141 Å². The molecule has 1 N–H and O–H groups in total. The first kappa shape index (κ1) is 15.8. The fraction of sp³-hybridized carbons (Fsp3) is 0.278. The number of rotatable bonds is 3. The molecule has 2 aromatic carbocycles. The molecule has 1 heterocycles. The van der Waals surface area contributed by atoms with Crippen molar-refractivity contribution in [1.29, 1.82) is 0 Å². The molecule has 1 amide bonds. The first-order valence-corrected chi connectivity index (χ1v) is 8.01. The molecule has 3 rings (SSSR count). The van der Waals surface area contributed by atoms with Crippen LogP contribution in [0.15, 0.2) is 42.5 Å². The lowest BCUT2D eigenvalue weighted by atomic mass is 10.1. The second kappa shape index (κ2) is 7.02. The van der Waals surface area contributed by atoms with Gasteiger partial charge in [-0.25, -0.2) is 0 Å². The van der Waals surface area contributed by atoms with E-state index in [0.29, 0.717) is 10.6 Å². The Balaban J connectivity index is 1.80. The normalized spacial score (nSPS) is 14.6. The highest BCUT2D eigenvalue weighted by Crippen LogP contribution is 2.25. The minimum atomic E-state index is -0.158. The molecule has 0 bridgehead atoms. The molecule has 120 valence electrons. The lowest BCUT2D eigenvalue weighted by Crippen LogP contribution is -2.36. The smallest absolute Gasteiger partial charge is 0.255 e. The number of carbonyl (C=O) groups is 1. The molecular formula is C18H19ClN2O2. The molecule has 0 aliphatic carbocycles. The van der Waals surface area contributed by atoms with Crippen LogP contribution in [0.4, 0.5) is 11.4 Å². The predicted molar refractivity (Wildman–Crippen MR) is 93.6 cm³/mol. The fourth-order valence-electron chi connectivity index (χ4n) is 2.59. The number of hydrogen-bond donors (Lipinski definition) is 1. The van der Waals surface area contributed by atoms with E-state index in [-0.39, 0.29) is 5.91 Å². The van der Waals surface area contributed by atoms with Crippen LogP contribution in [0.1, 0.15) is 15.9 Å². The molecule has 0 atom stereocenters. The van der Waals surface area contributed by atoms with Crippen LogP contribution in [-0.4, -0.2) is 32.2 Å². The van der Waals surface area contributed by atoms with Crippen LogP contribution in [-0.2, 0) is 4.74 Å². The Hall–Kier alpha value is -2.04. The SMILES string of the molecule is Cc1ccc(N2CCOCC2)cc1NC(=O)c1cccc(Cl)c1. The highest BCUT2D eigenvalue weighted by atomic mass is 35.5. The lowest BCUT2D eigenvalue weighted by molar-refractivity contribution is 0.102. The van der Waals surface area contributed by atoms with E-state index < -0.39 is 0 Å². The third-order valence-corrected chi connectivity index (χ3v) is 4.17. The zero-order valence-corrected chi connectivity index (χ0v) is 13.8. The van der Waals surface area contributed by atoms with Gasteiger partial charge in [0.1, 0.15) is 0 Å². The largest absolute Gasteiger partial charge is 0.378 e. The Morgan fingerprint density at radius 1 is 1.17 bits per heavy atom. The number of halogens is 1. The van der Waals surface area contributed by atoms with Crippen LogP contribution in [0.5, 0.6) is 0 Å². The first-order valence-electron chi connectivity index (χ1n) is 7.64. The average molecular weight is 331 g/mol. The summed E-state index contributed by atoms with van der Waals surface area (Å²) in [4.78, 5) is 14.7. The van der Waals surface area contributed by atoms with Crippen molar-refractivity contribution in [2.75, 3.05) is 36.5 Å². The van der Waals surface area contributed by atoms with Crippen LogP contribution in [0.25, 0.3) is 0 Å². The van der Waals surface area contributed by atoms with E-state index in [0.717, 1.165) is 43.2 Å². The van der Waals surface area contributed by atoms with Crippen LogP contribution in [0, 0.1) is 6.92 Å². The summed E-state index contributed by atoms with van der Waals surface area (Å²) in [5.41, 5.74) is 3.49. The Kier molecular flexibility index (Phi) is 4.84. The van der Waals surface area contributed by atoms with Crippen LogP contribution in [0.2, 0.25) is 5.02 Å². The number of benzene rings is 2. The van der Waals surface area contributed by atoms with E-state index in [1.807, 2.05) is 19.1 Å². The van der Waals surface area contributed by atoms with Gasteiger partial charge in [0.2, 0.25) is 0 Å². The number of aryl methyl sites for hydroxylation is 1. The third-order valence-electron chi connectivity index (χ3n) is 3.93. The van der Waals surface area contributed by atoms with E-state index in [1.54, 1.807) is 24.3 Å². The number of nitrogens with zero attached hydrogens (tertiary/aromatic N) is 1. The molecule has 2 aromatic rings. The highest BCUT2D eigenvalue weighted by Gasteiger charge is 2.14. The molecule has 0 radical (unpaired) electrons. The molecule has 5 heteroatoms. The summed E-state index contributed by atoms with van der Waals surface area (Å²) in [6.07, 6.45) is 0. The maximum atomic E-state index is 12.4. The minimum Gasteiger partial charge on any atom is -0.378 e. The van der Waals surface area contributed by atoms with Gasteiger partial charge in [0.15, 0.2) is 0 Å². The number of morpholine rings is 1. The van der Waals surface area contributed by atoms with Gasteiger partial charge >= 0.3 is 0 Å². The van der Waals surface area contributed by atoms with Crippen molar-refractivity contribution in [2.24, 2.45) is 0 Å². The summed E-state index contributed by atoms with van der Waals surface area (Å²) in [6, 6.07) is 13.1. The van der Waals surface area contributed by atoms with Gasteiger partial charge in [0, 0.05) is 35.1 Å². The van der Waals surface area contributed by atoms with Gasteiger partial charge < -0.3 is 15.0 Å². The molecule has 4 nitrogen and oxygen atoms in total. The van der Waals surface area contributed by atoms with Crippen molar-refractivity contribution in [1.82, 2.24) is 0 Å². The van der Waals surface area contributed by atoms with E-state index in [1.165, 1.54) is 0 Å². The van der Waals surface area contributed by atoms with Crippen molar-refractivity contribution >= 4 is 28.9 Å². The molecule has 0 unspecified atom stereocenters. The van der Waals surface area contributed by atoms with Gasteiger partial charge in [-0.3, -0.25) is 4.79 Å². The first-order chi connectivity index (χ1) is 11.1. The predicted octanol–water partition coefficient (Wildman–Crippen LogP) is 3.74. The zero-order valence-electron chi connectivity index (χ0n) is 13.0. The second-order valence-electron chi connectivity index (χ2n) is 5.56. The van der Waals surface area contributed by atoms with Gasteiger partial charge in [-0.1, -0.05) is 23.7 Å². The number of nitrogens with one attached hydrogen (secondary N) is 1. The summed E-state index contributed by atoms with van der Waals surface area (Å²) >= 11 is 5.95. The Bertz CT molecular complexity index is 712. The molecule has 1 fully saturated rings. The number of ether oxygens (including phenoxy) is 1. The highest BCUT2D eigenvalue weighted by molar-refractivity contribution is 6.31. The van der Waals surface area contributed by atoms with Crippen molar-refractivity contribution in [3.05, 3.63) is 58.6 Å².